The number of nitrogens with zero attached hydrogens (tertiary/aromatic N) is 1. The van der Waals surface area contributed by atoms with E-state index in [1.165, 1.54) is 12.0 Å². The van der Waals surface area contributed by atoms with E-state index in [9.17, 15) is 20.3 Å². The fraction of sp³-hybridized carbons (Fsp3) is 0.615. The molecule has 2 aliphatic carbocycles. The predicted molar refractivity (Wildman–Crippen MR) is 126 cm³/mol. The number of nitriles is 1. The summed E-state index contributed by atoms with van der Waals surface area (Å²) in [5, 5.41) is 33.2. The number of carbonyl (C=O) groups is 1. The van der Waals surface area contributed by atoms with E-state index in [0.717, 1.165) is 38.5 Å². The van der Waals surface area contributed by atoms with Crippen molar-refractivity contribution in [1.29, 1.82) is 5.26 Å². The second-order valence-electron chi connectivity index (χ2n) is 9.12. The van der Waals surface area contributed by atoms with Gasteiger partial charge in [-0.2, -0.15) is 5.26 Å². The smallest absolute Gasteiger partial charge is 0.305 e. The molecule has 174 valence electrons. The van der Waals surface area contributed by atoms with E-state index in [0.29, 0.717) is 19.3 Å². The Kier molecular flexibility index (Phi) is 9.10. The summed E-state index contributed by atoms with van der Waals surface area (Å²) in [5.74, 6) is -0.383. The maximum atomic E-state index is 11.2. The molecule has 1 heterocycles. The highest BCUT2D eigenvalue weighted by atomic mass is 32.1. The number of carbonyl (C=O) groups excluding carboxylic acids is 1. The molecule has 5 atom stereocenters. The zero-order chi connectivity index (χ0) is 23.0. The highest BCUT2D eigenvalue weighted by Crippen LogP contribution is 2.49. The van der Waals surface area contributed by atoms with Crippen molar-refractivity contribution in [2.75, 3.05) is 7.11 Å². The predicted octanol–water partition coefficient (Wildman–Crippen LogP) is 4.90. The summed E-state index contributed by atoms with van der Waals surface area (Å²) < 4.78 is 4.65. The number of hydrogen-bond donors (Lipinski definition) is 2. The first-order chi connectivity index (χ1) is 15.5. The Hall–Kier alpha value is -1.94. The van der Waals surface area contributed by atoms with Gasteiger partial charge >= 0.3 is 5.97 Å². The maximum absolute atomic E-state index is 11.2. The second-order valence-corrected chi connectivity index (χ2v) is 10.1. The SMILES string of the molecule is COC(=O)CCCC=CC[C@@H]1[C@H](C=CCC(O)C2(c3cccs3)CCC2)[C@H](O)C[C@@H]1C#N. The largest absolute Gasteiger partial charge is 0.469 e. The van der Waals surface area contributed by atoms with Gasteiger partial charge in [-0.25, -0.2) is 0 Å². The van der Waals surface area contributed by atoms with Gasteiger partial charge in [0.2, 0.25) is 0 Å². The van der Waals surface area contributed by atoms with E-state index in [2.05, 4.69) is 28.3 Å². The van der Waals surface area contributed by atoms with Gasteiger partial charge < -0.3 is 14.9 Å². The van der Waals surface area contributed by atoms with Gasteiger partial charge in [0.25, 0.3) is 0 Å². The van der Waals surface area contributed by atoms with Crippen LogP contribution in [0, 0.1) is 29.1 Å². The molecule has 2 aliphatic rings. The van der Waals surface area contributed by atoms with Crippen LogP contribution >= 0.6 is 11.3 Å². The number of esters is 1. The monoisotopic (exact) mass is 457 g/mol. The van der Waals surface area contributed by atoms with Gasteiger partial charge in [0.1, 0.15) is 0 Å². The van der Waals surface area contributed by atoms with Gasteiger partial charge in [-0.3, -0.25) is 4.79 Å². The van der Waals surface area contributed by atoms with Crippen molar-refractivity contribution in [3.05, 3.63) is 46.7 Å². The van der Waals surface area contributed by atoms with Crippen molar-refractivity contribution in [3.8, 4) is 6.07 Å². The molecule has 5 nitrogen and oxygen atoms in total. The molecule has 0 spiro atoms. The summed E-state index contributed by atoms with van der Waals surface area (Å²) in [7, 11) is 1.40. The number of hydrogen-bond acceptors (Lipinski definition) is 6. The Bertz CT molecular complexity index is 821. The molecule has 0 radical (unpaired) electrons. The summed E-state index contributed by atoms with van der Waals surface area (Å²) >= 11 is 1.72. The van der Waals surface area contributed by atoms with Gasteiger partial charge in [-0.05, 0) is 62.3 Å². The molecule has 3 rings (SSSR count). The minimum absolute atomic E-state index is 0.0650. The summed E-state index contributed by atoms with van der Waals surface area (Å²) in [6.07, 6.45) is 14.1. The van der Waals surface area contributed by atoms with Gasteiger partial charge in [0, 0.05) is 22.6 Å². The molecule has 1 aromatic heterocycles. The Labute approximate surface area is 195 Å². The molecule has 0 aromatic carbocycles. The van der Waals surface area contributed by atoms with E-state index < -0.39 is 12.2 Å². The molecule has 0 amide bonds. The van der Waals surface area contributed by atoms with Gasteiger partial charge in [-0.15, -0.1) is 11.3 Å². The zero-order valence-electron chi connectivity index (χ0n) is 18.9. The van der Waals surface area contributed by atoms with E-state index in [1.807, 2.05) is 24.3 Å². The maximum Gasteiger partial charge on any atom is 0.305 e. The van der Waals surface area contributed by atoms with Gasteiger partial charge in [0.15, 0.2) is 0 Å². The van der Waals surface area contributed by atoms with E-state index in [4.69, 9.17) is 0 Å². The highest BCUT2D eigenvalue weighted by molar-refractivity contribution is 7.10. The summed E-state index contributed by atoms with van der Waals surface area (Å²) in [4.78, 5) is 12.4. The lowest BCUT2D eigenvalue weighted by Crippen LogP contribution is -2.44. The van der Waals surface area contributed by atoms with Crippen LogP contribution in [-0.2, 0) is 14.9 Å². The Balaban J connectivity index is 1.55. The molecule has 2 saturated carbocycles. The first kappa shape index (κ1) is 24.7. The Morgan fingerprint density at radius 3 is 2.84 bits per heavy atom. The molecule has 0 bridgehead atoms. The number of aliphatic hydroxyl groups excluding tert-OH is 2. The third-order valence-corrected chi connectivity index (χ3v) is 8.37. The normalized spacial score (nSPS) is 27.9. The third kappa shape index (κ3) is 5.70. The fourth-order valence-corrected chi connectivity index (χ4v) is 6.21. The fourth-order valence-electron chi connectivity index (χ4n) is 5.18. The molecule has 0 saturated heterocycles. The molecule has 2 fully saturated rings. The van der Waals surface area contributed by atoms with Crippen LogP contribution in [0.25, 0.3) is 0 Å². The lowest BCUT2D eigenvalue weighted by molar-refractivity contribution is -0.140. The van der Waals surface area contributed by atoms with E-state index in [-0.39, 0.29) is 29.1 Å². The lowest BCUT2D eigenvalue weighted by Gasteiger charge is -2.45. The average molecular weight is 458 g/mol. The second kappa shape index (κ2) is 11.8. The van der Waals surface area contributed by atoms with Crippen molar-refractivity contribution in [1.82, 2.24) is 0 Å². The van der Waals surface area contributed by atoms with Crippen molar-refractivity contribution in [3.63, 3.8) is 0 Å². The molecule has 1 aromatic rings. The minimum atomic E-state index is -0.527. The number of rotatable bonds is 11. The van der Waals surface area contributed by atoms with Crippen molar-refractivity contribution >= 4 is 17.3 Å². The molecular formula is C26H35NO4S. The van der Waals surface area contributed by atoms with E-state index in [1.54, 1.807) is 11.3 Å². The Morgan fingerprint density at radius 2 is 2.22 bits per heavy atom. The quantitative estimate of drug-likeness (QED) is 0.280. The number of unbranched alkanes of at least 4 members (excludes halogenated alkanes) is 1. The third-order valence-electron chi connectivity index (χ3n) is 7.28. The van der Waals surface area contributed by atoms with Gasteiger partial charge in [-0.1, -0.05) is 36.8 Å². The summed E-state index contributed by atoms with van der Waals surface area (Å²) in [5.41, 5.74) is -0.117. The Morgan fingerprint density at radius 1 is 1.41 bits per heavy atom. The van der Waals surface area contributed by atoms with E-state index >= 15 is 0 Å². The number of thiophene rings is 1. The average Bonchev–Trinajstić information content (AvgIpc) is 3.38. The molecular weight excluding hydrogens is 422 g/mol. The standard InChI is InChI=1S/C26H35NO4S/c1-31-25(30)13-5-3-2-4-9-20-19(18-27)17-22(28)21(20)10-6-11-23(29)26(14-8-15-26)24-12-7-16-32-24/h2,4,6-7,10,12,16,19-23,28-29H,3,5,8-9,11,13-15,17H2,1H3/t19-,20+,21+,22-,23?/m1/s1. The number of ether oxygens (including phenoxy) is 1. The molecule has 2 N–H and O–H groups in total. The van der Waals surface area contributed by atoms with Crippen LogP contribution in [-0.4, -0.2) is 35.5 Å². The number of methoxy groups -OCH3 is 1. The van der Waals surface area contributed by atoms with Crippen LogP contribution in [0.3, 0.4) is 0 Å². The van der Waals surface area contributed by atoms with Crippen LogP contribution in [0.15, 0.2) is 41.8 Å². The molecule has 0 aliphatic heterocycles. The van der Waals surface area contributed by atoms with Crippen molar-refractivity contribution < 1.29 is 19.7 Å². The van der Waals surface area contributed by atoms with Crippen LogP contribution in [0.2, 0.25) is 0 Å². The number of aliphatic hydroxyl groups is 2. The van der Waals surface area contributed by atoms with Crippen LogP contribution in [0.1, 0.15) is 62.7 Å². The minimum Gasteiger partial charge on any atom is -0.469 e. The molecule has 1 unspecified atom stereocenters. The summed E-state index contributed by atoms with van der Waals surface area (Å²) in [6, 6.07) is 6.55. The number of allylic oxidation sites excluding steroid dienone is 2. The van der Waals surface area contributed by atoms with Crippen molar-refractivity contribution in [2.24, 2.45) is 17.8 Å². The summed E-state index contributed by atoms with van der Waals surface area (Å²) in [6.45, 7) is 0. The van der Waals surface area contributed by atoms with Crippen LogP contribution in [0.4, 0.5) is 0 Å². The first-order valence-corrected chi connectivity index (χ1v) is 12.6. The van der Waals surface area contributed by atoms with Crippen LogP contribution in [0.5, 0.6) is 0 Å². The lowest BCUT2D eigenvalue weighted by atomic mass is 9.63. The molecule has 32 heavy (non-hydrogen) atoms. The first-order valence-electron chi connectivity index (χ1n) is 11.7. The van der Waals surface area contributed by atoms with Crippen molar-refractivity contribution in [2.45, 2.75) is 75.4 Å². The van der Waals surface area contributed by atoms with Gasteiger partial charge in [0.05, 0.1) is 31.3 Å². The van der Waals surface area contributed by atoms with Crippen LogP contribution < -0.4 is 0 Å². The molecule has 6 heteroatoms. The highest BCUT2D eigenvalue weighted by Gasteiger charge is 2.45. The topological polar surface area (TPSA) is 90.6 Å². The zero-order valence-corrected chi connectivity index (χ0v) is 19.7.